The van der Waals surface area contributed by atoms with Crippen molar-refractivity contribution in [1.82, 2.24) is 4.90 Å². The molecule has 0 atom stereocenters. The number of benzene rings is 1. The lowest BCUT2D eigenvalue weighted by atomic mass is 10.1. The van der Waals surface area contributed by atoms with E-state index in [2.05, 4.69) is 0 Å². The molecule has 0 fully saturated rings. The van der Waals surface area contributed by atoms with Crippen molar-refractivity contribution in [2.24, 2.45) is 0 Å². The minimum absolute atomic E-state index is 0.0207. The summed E-state index contributed by atoms with van der Waals surface area (Å²) in [4.78, 5) is 24.4. The molecule has 0 unspecified atom stereocenters. The van der Waals surface area contributed by atoms with Crippen LogP contribution in [0.4, 0.5) is 0 Å². The molecule has 1 N–H and O–H groups in total. The van der Waals surface area contributed by atoms with Gasteiger partial charge in [-0.05, 0) is 18.6 Å². The van der Waals surface area contributed by atoms with E-state index >= 15 is 0 Å². The number of hydrogen-bond acceptors (Lipinski definition) is 5. The van der Waals surface area contributed by atoms with Crippen molar-refractivity contribution in [3.05, 3.63) is 17.7 Å². The van der Waals surface area contributed by atoms with Crippen molar-refractivity contribution >= 4 is 11.9 Å². The first-order valence-corrected chi connectivity index (χ1v) is 6.71. The van der Waals surface area contributed by atoms with Gasteiger partial charge in [-0.25, -0.2) is 0 Å². The maximum atomic E-state index is 12.4. The van der Waals surface area contributed by atoms with Gasteiger partial charge in [0.25, 0.3) is 5.91 Å². The molecule has 0 aliphatic heterocycles. The normalized spacial score (nSPS) is 10.0. The van der Waals surface area contributed by atoms with E-state index in [-0.39, 0.29) is 12.3 Å². The van der Waals surface area contributed by atoms with E-state index in [9.17, 15) is 9.59 Å². The second kappa shape index (κ2) is 8.11. The van der Waals surface area contributed by atoms with E-state index in [4.69, 9.17) is 19.3 Å². The largest absolute Gasteiger partial charge is 0.493 e. The van der Waals surface area contributed by atoms with Gasteiger partial charge in [0.05, 0.1) is 21.3 Å². The zero-order chi connectivity index (χ0) is 16.7. The van der Waals surface area contributed by atoms with Gasteiger partial charge in [-0.2, -0.15) is 0 Å². The van der Waals surface area contributed by atoms with Crippen molar-refractivity contribution in [3.63, 3.8) is 0 Å². The zero-order valence-electron chi connectivity index (χ0n) is 13.2. The van der Waals surface area contributed by atoms with Gasteiger partial charge in [-0.15, -0.1) is 0 Å². The average molecular weight is 311 g/mol. The van der Waals surface area contributed by atoms with Crippen LogP contribution in [0, 0.1) is 0 Å². The Morgan fingerprint density at radius 3 is 2.05 bits per heavy atom. The summed E-state index contributed by atoms with van der Waals surface area (Å²) < 4.78 is 15.6. The SMILES string of the molecule is COc1cc(C(=O)N(C)CCCC(=O)O)cc(OC)c1OC. The summed E-state index contributed by atoms with van der Waals surface area (Å²) in [5, 5.41) is 8.63. The number of nitrogens with zero attached hydrogens (tertiary/aromatic N) is 1. The van der Waals surface area contributed by atoms with Crippen LogP contribution in [0.25, 0.3) is 0 Å². The Bertz CT molecular complexity index is 518. The lowest BCUT2D eigenvalue weighted by Crippen LogP contribution is -2.28. The summed E-state index contributed by atoms with van der Waals surface area (Å²) in [5.74, 6) is 0.0710. The molecule has 0 aliphatic carbocycles. The van der Waals surface area contributed by atoms with Crippen molar-refractivity contribution in [3.8, 4) is 17.2 Å². The van der Waals surface area contributed by atoms with Crippen molar-refractivity contribution in [2.75, 3.05) is 34.9 Å². The van der Waals surface area contributed by atoms with Crippen LogP contribution in [0.1, 0.15) is 23.2 Å². The Balaban J connectivity index is 2.95. The Morgan fingerprint density at radius 2 is 1.64 bits per heavy atom. The minimum Gasteiger partial charge on any atom is -0.493 e. The highest BCUT2D eigenvalue weighted by atomic mass is 16.5. The van der Waals surface area contributed by atoms with E-state index in [0.29, 0.717) is 35.8 Å². The number of methoxy groups -OCH3 is 3. The van der Waals surface area contributed by atoms with E-state index in [0.717, 1.165) is 0 Å². The van der Waals surface area contributed by atoms with Crippen molar-refractivity contribution in [1.29, 1.82) is 0 Å². The lowest BCUT2D eigenvalue weighted by Gasteiger charge is -2.19. The maximum absolute atomic E-state index is 12.4. The summed E-state index contributed by atoms with van der Waals surface area (Å²) in [6, 6.07) is 3.13. The van der Waals surface area contributed by atoms with Gasteiger partial charge in [-0.3, -0.25) is 9.59 Å². The minimum atomic E-state index is -0.881. The topological polar surface area (TPSA) is 85.3 Å². The highest BCUT2D eigenvalue weighted by Gasteiger charge is 2.19. The molecule has 1 aromatic rings. The van der Waals surface area contributed by atoms with Crippen LogP contribution in [-0.4, -0.2) is 56.8 Å². The number of rotatable bonds is 8. The van der Waals surface area contributed by atoms with Gasteiger partial charge in [0, 0.05) is 25.6 Å². The number of carbonyl (C=O) groups is 2. The first-order chi connectivity index (χ1) is 10.4. The Morgan fingerprint density at radius 1 is 1.09 bits per heavy atom. The molecule has 22 heavy (non-hydrogen) atoms. The van der Waals surface area contributed by atoms with Crippen molar-refractivity contribution < 1.29 is 28.9 Å². The third kappa shape index (κ3) is 4.28. The van der Waals surface area contributed by atoms with Gasteiger partial charge >= 0.3 is 5.97 Å². The quantitative estimate of drug-likeness (QED) is 0.785. The number of carbonyl (C=O) groups excluding carboxylic acids is 1. The molecule has 0 saturated heterocycles. The van der Waals surface area contributed by atoms with Gasteiger partial charge in [0.15, 0.2) is 11.5 Å². The monoisotopic (exact) mass is 311 g/mol. The number of ether oxygens (including phenoxy) is 3. The number of carboxylic acids is 1. The van der Waals surface area contributed by atoms with Crippen LogP contribution in [0.15, 0.2) is 12.1 Å². The highest BCUT2D eigenvalue weighted by molar-refractivity contribution is 5.95. The molecule has 7 nitrogen and oxygen atoms in total. The molecule has 0 bridgehead atoms. The van der Waals surface area contributed by atoms with Crippen LogP contribution in [0.3, 0.4) is 0 Å². The Kier molecular flexibility index (Phi) is 6.49. The predicted molar refractivity (Wildman–Crippen MR) is 79.9 cm³/mol. The fourth-order valence-corrected chi connectivity index (χ4v) is 1.99. The maximum Gasteiger partial charge on any atom is 0.303 e. The predicted octanol–water partition coefficient (Wildman–Crippen LogP) is 1.65. The number of amides is 1. The molecule has 0 saturated carbocycles. The summed E-state index contributed by atoms with van der Waals surface area (Å²) in [5.41, 5.74) is 0.382. The third-order valence-electron chi connectivity index (χ3n) is 3.14. The van der Waals surface area contributed by atoms with Gasteiger partial charge < -0.3 is 24.2 Å². The first-order valence-electron chi connectivity index (χ1n) is 6.71. The smallest absolute Gasteiger partial charge is 0.303 e. The van der Waals surface area contributed by atoms with Crippen LogP contribution in [0.5, 0.6) is 17.2 Å². The van der Waals surface area contributed by atoms with E-state index in [1.54, 1.807) is 19.2 Å². The van der Waals surface area contributed by atoms with Crippen LogP contribution in [0.2, 0.25) is 0 Å². The third-order valence-corrected chi connectivity index (χ3v) is 3.14. The molecule has 7 heteroatoms. The van der Waals surface area contributed by atoms with E-state index < -0.39 is 5.97 Å². The molecule has 0 spiro atoms. The van der Waals surface area contributed by atoms with E-state index in [1.165, 1.54) is 26.2 Å². The second-order valence-corrected chi connectivity index (χ2v) is 4.64. The molecule has 1 amide bonds. The van der Waals surface area contributed by atoms with Crippen molar-refractivity contribution in [2.45, 2.75) is 12.8 Å². The molecule has 0 radical (unpaired) electrons. The molecule has 122 valence electrons. The molecule has 1 rings (SSSR count). The molecule has 0 aliphatic rings. The number of carboxylic acid groups (broad SMARTS) is 1. The standard InChI is InChI=1S/C15H21NO6/c1-16(7-5-6-13(17)18)15(19)10-8-11(20-2)14(22-4)12(9-10)21-3/h8-9H,5-7H2,1-4H3,(H,17,18). The van der Waals surface area contributed by atoms with Gasteiger partial charge in [-0.1, -0.05) is 0 Å². The van der Waals surface area contributed by atoms with Crippen LogP contribution < -0.4 is 14.2 Å². The van der Waals surface area contributed by atoms with Gasteiger partial charge in [0.1, 0.15) is 0 Å². The fraction of sp³-hybridized carbons (Fsp3) is 0.467. The lowest BCUT2D eigenvalue weighted by molar-refractivity contribution is -0.137. The first kappa shape index (κ1) is 17.6. The van der Waals surface area contributed by atoms with E-state index in [1.807, 2.05) is 0 Å². The number of hydrogen-bond donors (Lipinski definition) is 1. The second-order valence-electron chi connectivity index (χ2n) is 4.64. The van der Waals surface area contributed by atoms with Gasteiger partial charge in [0.2, 0.25) is 5.75 Å². The molecule has 1 aromatic carbocycles. The summed E-state index contributed by atoms with van der Waals surface area (Å²) in [6.45, 7) is 0.349. The average Bonchev–Trinajstić information content (AvgIpc) is 2.51. The fourth-order valence-electron chi connectivity index (χ4n) is 1.99. The summed E-state index contributed by atoms with van der Waals surface area (Å²) in [7, 11) is 6.05. The Labute approximate surface area is 129 Å². The highest BCUT2D eigenvalue weighted by Crippen LogP contribution is 2.38. The zero-order valence-corrected chi connectivity index (χ0v) is 13.2. The molecular weight excluding hydrogens is 290 g/mol. The molecular formula is C15H21NO6. The Hall–Kier alpha value is -2.44. The summed E-state index contributed by atoms with van der Waals surface area (Å²) in [6.07, 6.45) is 0.412. The molecule has 0 aromatic heterocycles. The summed E-state index contributed by atoms with van der Waals surface area (Å²) >= 11 is 0. The van der Waals surface area contributed by atoms with Crippen LogP contribution in [-0.2, 0) is 4.79 Å². The number of aliphatic carboxylic acids is 1. The molecule has 0 heterocycles. The van der Waals surface area contributed by atoms with Crippen LogP contribution >= 0.6 is 0 Å².